The molecule has 5 heteroatoms. The number of benzene rings is 2. The van der Waals surface area contributed by atoms with Crippen molar-refractivity contribution < 1.29 is 14.6 Å². The summed E-state index contributed by atoms with van der Waals surface area (Å²) in [6.07, 6.45) is 2.99. The molecule has 1 saturated heterocycles. The number of aliphatic hydroxyl groups excluding tert-OH is 1. The maximum Gasteiger partial charge on any atom is 0.314 e. The van der Waals surface area contributed by atoms with Crippen LogP contribution in [0.1, 0.15) is 49.3 Å². The number of likely N-dealkylation sites (N-methyl/N-ethyl adjacent to an activating group) is 1. The van der Waals surface area contributed by atoms with Crippen LogP contribution in [0.25, 0.3) is 0 Å². The normalized spacial score (nSPS) is 19.2. The highest BCUT2D eigenvalue weighted by atomic mass is 16.5. The maximum absolute atomic E-state index is 11.9. The van der Waals surface area contributed by atoms with E-state index in [9.17, 15) is 9.90 Å². The van der Waals surface area contributed by atoms with Crippen molar-refractivity contribution in [3.05, 3.63) is 71.8 Å². The molecule has 0 spiro atoms. The summed E-state index contributed by atoms with van der Waals surface area (Å²) < 4.78 is 4.94. The number of carbonyl (C=O) groups excluding carboxylic acids is 1. The highest BCUT2D eigenvalue weighted by Gasteiger charge is 2.31. The highest BCUT2D eigenvalue weighted by Crippen LogP contribution is 2.26. The molecule has 158 valence electrons. The first-order chi connectivity index (χ1) is 14.1. The fourth-order valence-corrected chi connectivity index (χ4v) is 3.58. The molecule has 3 N–H and O–H groups in total. The average Bonchev–Trinajstić information content (AvgIpc) is 2.80. The zero-order chi connectivity index (χ0) is 21.1. The Morgan fingerprint density at radius 3 is 2.14 bits per heavy atom. The number of rotatable bonds is 6. The maximum atomic E-state index is 11.9. The van der Waals surface area contributed by atoms with Crippen LogP contribution in [-0.4, -0.2) is 43.9 Å². The van der Waals surface area contributed by atoms with E-state index in [1.807, 2.05) is 74.6 Å². The lowest BCUT2D eigenvalue weighted by atomic mass is 9.86. The van der Waals surface area contributed by atoms with E-state index in [0.717, 1.165) is 24.1 Å². The first-order valence-corrected chi connectivity index (χ1v) is 10.3. The van der Waals surface area contributed by atoms with E-state index in [1.54, 1.807) is 0 Å². The molecule has 1 aliphatic rings. The molecule has 2 unspecified atom stereocenters. The third kappa shape index (κ3) is 6.96. The van der Waals surface area contributed by atoms with Crippen molar-refractivity contribution >= 4 is 5.97 Å². The van der Waals surface area contributed by atoms with E-state index in [2.05, 4.69) is 10.6 Å². The lowest BCUT2D eigenvalue weighted by molar-refractivity contribution is -0.143. The van der Waals surface area contributed by atoms with E-state index >= 15 is 0 Å². The smallest absolute Gasteiger partial charge is 0.314 e. The van der Waals surface area contributed by atoms with Gasteiger partial charge in [-0.25, -0.2) is 0 Å². The molecule has 0 bridgehead atoms. The summed E-state index contributed by atoms with van der Waals surface area (Å²) in [6, 6.07) is 19.9. The highest BCUT2D eigenvalue weighted by molar-refractivity contribution is 5.79. The van der Waals surface area contributed by atoms with Crippen molar-refractivity contribution in [3.8, 4) is 0 Å². The van der Waals surface area contributed by atoms with Crippen LogP contribution >= 0.6 is 0 Å². The second kappa shape index (κ2) is 12.4. The molecule has 29 heavy (non-hydrogen) atoms. The SMILES string of the molecule is CN[C@@H](C)[C@H](O)c1ccccc1.COC(=O)C(c1ccccc1)C1CCCCN1. The van der Waals surface area contributed by atoms with Crippen LogP contribution in [0.3, 0.4) is 0 Å². The number of carbonyl (C=O) groups is 1. The Kier molecular flexibility index (Phi) is 9.84. The topological polar surface area (TPSA) is 70.6 Å². The van der Waals surface area contributed by atoms with Gasteiger partial charge in [-0.1, -0.05) is 67.1 Å². The Labute approximate surface area is 174 Å². The standard InChI is InChI=1S/C14H19NO2.C10H15NO/c1-17-14(16)13(11-7-3-2-4-8-11)12-9-5-6-10-15-12;1-8(11-2)10(12)9-6-4-3-5-7-9/h2-4,7-8,12-13,15H,5-6,9-10H2,1H3;3-8,10-12H,1-2H3/t;8-,10-/m.0/s1. The summed E-state index contributed by atoms with van der Waals surface area (Å²) in [7, 11) is 3.30. The quantitative estimate of drug-likeness (QED) is 0.651. The largest absolute Gasteiger partial charge is 0.469 e. The van der Waals surface area contributed by atoms with Gasteiger partial charge in [0.25, 0.3) is 0 Å². The zero-order valence-electron chi connectivity index (χ0n) is 17.7. The zero-order valence-corrected chi connectivity index (χ0v) is 17.7. The second-order valence-corrected chi connectivity index (χ2v) is 7.40. The second-order valence-electron chi connectivity index (χ2n) is 7.40. The van der Waals surface area contributed by atoms with Gasteiger partial charge < -0.3 is 20.5 Å². The first-order valence-electron chi connectivity index (χ1n) is 10.3. The minimum atomic E-state index is -0.420. The van der Waals surface area contributed by atoms with E-state index < -0.39 is 6.10 Å². The number of aliphatic hydroxyl groups is 1. The first kappa shape index (κ1) is 23.1. The summed E-state index contributed by atoms with van der Waals surface area (Å²) in [5, 5.41) is 16.2. The van der Waals surface area contributed by atoms with Crippen molar-refractivity contribution in [3.63, 3.8) is 0 Å². The fraction of sp³-hybridized carbons (Fsp3) is 0.458. The lowest BCUT2D eigenvalue weighted by Crippen LogP contribution is -2.42. The number of hydrogen-bond acceptors (Lipinski definition) is 5. The van der Waals surface area contributed by atoms with E-state index in [0.29, 0.717) is 0 Å². The predicted octanol–water partition coefficient (Wildman–Crippen LogP) is 3.41. The molecule has 3 rings (SSSR count). The molecule has 1 aliphatic heterocycles. The third-order valence-electron chi connectivity index (χ3n) is 5.43. The Morgan fingerprint density at radius 2 is 1.66 bits per heavy atom. The van der Waals surface area contributed by atoms with Gasteiger partial charge in [-0.05, 0) is 44.5 Å². The Hall–Kier alpha value is -2.21. The van der Waals surface area contributed by atoms with Gasteiger partial charge in [0.05, 0.1) is 19.1 Å². The number of piperidine rings is 1. The van der Waals surface area contributed by atoms with Crippen molar-refractivity contribution in [1.82, 2.24) is 10.6 Å². The lowest BCUT2D eigenvalue weighted by Gasteiger charge is -2.29. The summed E-state index contributed by atoms with van der Waals surface area (Å²) in [4.78, 5) is 11.9. The van der Waals surface area contributed by atoms with Crippen LogP contribution in [0.15, 0.2) is 60.7 Å². The number of ether oxygens (including phenoxy) is 1. The summed E-state index contributed by atoms with van der Waals surface area (Å²) in [5.74, 6) is -0.322. The number of hydrogen-bond donors (Lipinski definition) is 3. The van der Waals surface area contributed by atoms with Crippen LogP contribution in [0, 0.1) is 0 Å². The summed E-state index contributed by atoms with van der Waals surface area (Å²) in [5.41, 5.74) is 2.00. The molecule has 0 aromatic heterocycles. The minimum absolute atomic E-state index is 0.0902. The Balaban J connectivity index is 0.000000221. The summed E-state index contributed by atoms with van der Waals surface area (Å²) >= 11 is 0. The molecule has 5 nitrogen and oxygen atoms in total. The van der Waals surface area contributed by atoms with Gasteiger partial charge in [0, 0.05) is 12.1 Å². The van der Waals surface area contributed by atoms with Crippen molar-refractivity contribution in [2.75, 3.05) is 20.7 Å². The van der Waals surface area contributed by atoms with Crippen LogP contribution in [-0.2, 0) is 9.53 Å². The molecule has 0 saturated carbocycles. The third-order valence-corrected chi connectivity index (χ3v) is 5.43. The molecule has 0 radical (unpaired) electrons. The van der Waals surface area contributed by atoms with Gasteiger partial charge in [-0.2, -0.15) is 0 Å². The van der Waals surface area contributed by atoms with Crippen molar-refractivity contribution in [1.29, 1.82) is 0 Å². The molecule has 0 aliphatic carbocycles. The molecular weight excluding hydrogens is 364 g/mol. The number of nitrogens with one attached hydrogen (secondary N) is 2. The minimum Gasteiger partial charge on any atom is -0.469 e. The average molecular weight is 399 g/mol. The van der Waals surface area contributed by atoms with Gasteiger partial charge in [0.2, 0.25) is 0 Å². The van der Waals surface area contributed by atoms with Gasteiger partial charge in [0.1, 0.15) is 0 Å². The molecule has 1 heterocycles. The van der Waals surface area contributed by atoms with Crippen LogP contribution < -0.4 is 10.6 Å². The van der Waals surface area contributed by atoms with Crippen molar-refractivity contribution in [2.45, 2.75) is 50.3 Å². The van der Waals surface area contributed by atoms with Crippen LogP contribution in [0.5, 0.6) is 0 Å². The molecular formula is C24H34N2O3. The molecule has 1 fully saturated rings. The van der Waals surface area contributed by atoms with Gasteiger partial charge in [0.15, 0.2) is 0 Å². The van der Waals surface area contributed by atoms with Gasteiger partial charge in [-0.3, -0.25) is 4.79 Å². The predicted molar refractivity (Wildman–Crippen MR) is 117 cm³/mol. The number of methoxy groups -OCH3 is 1. The molecule has 2 aromatic rings. The van der Waals surface area contributed by atoms with E-state index in [1.165, 1.54) is 20.0 Å². The molecule has 4 atom stereocenters. The molecule has 2 aromatic carbocycles. The monoisotopic (exact) mass is 398 g/mol. The van der Waals surface area contributed by atoms with E-state index in [-0.39, 0.29) is 24.0 Å². The van der Waals surface area contributed by atoms with E-state index in [4.69, 9.17) is 4.74 Å². The van der Waals surface area contributed by atoms with Crippen molar-refractivity contribution in [2.24, 2.45) is 0 Å². The van der Waals surface area contributed by atoms with Crippen LogP contribution in [0.4, 0.5) is 0 Å². The Bertz CT molecular complexity index is 703. The van der Waals surface area contributed by atoms with Crippen LogP contribution in [0.2, 0.25) is 0 Å². The Morgan fingerprint density at radius 1 is 1.07 bits per heavy atom. The van der Waals surface area contributed by atoms with Gasteiger partial charge in [-0.15, -0.1) is 0 Å². The summed E-state index contributed by atoms with van der Waals surface area (Å²) in [6.45, 7) is 2.95. The van der Waals surface area contributed by atoms with Gasteiger partial charge >= 0.3 is 5.97 Å². The molecule has 0 amide bonds. The number of esters is 1. The fourth-order valence-electron chi connectivity index (χ4n) is 3.58.